The van der Waals surface area contributed by atoms with E-state index in [2.05, 4.69) is 4.98 Å². The van der Waals surface area contributed by atoms with Gasteiger partial charge in [-0.05, 0) is 20.2 Å². The second-order valence-corrected chi connectivity index (χ2v) is 4.96. The minimum absolute atomic E-state index is 0.388. The fourth-order valence-electron chi connectivity index (χ4n) is 2.34. The molecular weight excluding hydrogens is 272 g/mol. The lowest BCUT2D eigenvalue weighted by molar-refractivity contribution is 0.0595. The van der Waals surface area contributed by atoms with Crippen LogP contribution in [0.1, 0.15) is 16.1 Å². The van der Waals surface area contributed by atoms with Gasteiger partial charge >= 0.3 is 5.97 Å². The van der Waals surface area contributed by atoms with Crippen molar-refractivity contribution in [3.8, 4) is 11.5 Å². The molecule has 2 aromatic rings. The molecule has 1 aromatic heterocycles. The smallest absolute Gasteiger partial charge is 0.354 e. The molecule has 6 nitrogen and oxygen atoms in total. The summed E-state index contributed by atoms with van der Waals surface area (Å²) in [6, 6.07) is 3.59. The first-order chi connectivity index (χ1) is 10.0. The van der Waals surface area contributed by atoms with Gasteiger partial charge in [0.25, 0.3) is 0 Å². The zero-order chi connectivity index (χ0) is 15.6. The van der Waals surface area contributed by atoms with E-state index in [0.717, 1.165) is 22.2 Å². The lowest BCUT2D eigenvalue weighted by atomic mass is 10.1. The number of benzene rings is 1. The predicted molar refractivity (Wildman–Crippen MR) is 80.1 cm³/mol. The maximum atomic E-state index is 11.7. The normalized spacial score (nSPS) is 11.0. The van der Waals surface area contributed by atoms with Gasteiger partial charge in [-0.3, -0.25) is 0 Å². The third-order valence-corrected chi connectivity index (χ3v) is 3.27. The molecule has 0 aliphatic carbocycles. The van der Waals surface area contributed by atoms with Crippen LogP contribution < -0.4 is 9.47 Å². The second-order valence-electron chi connectivity index (χ2n) is 4.96. The number of ether oxygens (including phenoxy) is 3. The molecule has 0 fully saturated rings. The summed E-state index contributed by atoms with van der Waals surface area (Å²) < 4.78 is 15.6. The summed E-state index contributed by atoms with van der Waals surface area (Å²) >= 11 is 0. The summed E-state index contributed by atoms with van der Waals surface area (Å²) in [7, 11) is 8.51. The summed E-state index contributed by atoms with van der Waals surface area (Å²) in [5.74, 6) is 0.936. The molecule has 0 radical (unpaired) electrons. The Hall–Kier alpha value is -2.21. The van der Waals surface area contributed by atoms with Crippen molar-refractivity contribution in [3.05, 3.63) is 23.4 Å². The van der Waals surface area contributed by atoms with E-state index in [1.165, 1.54) is 7.11 Å². The van der Waals surface area contributed by atoms with Gasteiger partial charge in [0.2, 0.25) is 0 Å². The Labute approximate surface area is 123 Å². The highest BCUT2D eigenvalue weighted by Gasteiger charge is 2.19. The van der Waals surface area contributed by atoms with Gasteiger partial charge in [-0.2, -0.15) is 0 Å². The highest BCUT2D eigenvalue weighted by molar-refractivity contribution is 5.99. The minimum Gasteiger partial charge on any atom is -0.496 e. The average Bonchev–Trinajstić information content (AvgIpc) is 2.91. The van der Waals surface area contributed by atoms with Crippen LogP contribution in [0.25, 0.3) is 10.9 Å². The molecule has 1 heterocycles. The second kappa shape index (κ2) is 6.05. The van der Waals surface area contributed by atoms with E-state index in [1.54, 1.807) is 20.3 Å². The van der Waals surface area contributed by atoms with E-state index >= 15 is 0 Å². The van der Waals surface area contributed by atoms with Crippen LogP contribution in [0.3, 0.4) is 0 Å². The number of H-pyrrole nitrogens is 1. The van der Waals surface area contributed by atoms with Crippen LogP contribution >= 0.6 is 0 Å². The molecule has 0 atom stereocenters. The lowest BCUT2D eigenvalue weighted by Crippen LogP contribution is -2.12. The molecule has 1 N–H and O–H groups in total. The van der Waals surface area contributed by atoms with Crippen molar-refractivity contribution in [2.45, 2.75) is 6.54 Å². The summed E-state index contributed by atoms with van der Waals surface area (Å²) in [4.78, 5) is 16.8. The number of hydrogen-bond acceptors (Lipinski definition) is 5. The molecule has 1 aromatic carbocycles. The number of aromatic amines is 1. The Kier molecular flexibility index (Phi) is 4.37. The molecule has 0 amide bonds. The molecule has 0 aliphatic rings. The fraction of sp³-hybridized carbons (Fsp3) is 0.400. The number of rotatable bonds is 5. The summed E-state index contributed by atoms with van der Waals surface area (Å²) in [6.45, 7) is 0.683. The number of hydrogen-bond donors (Lipinski definition) is 1. The lowest BCUT2D eigenvalue weighted by Gasteiger charge is -2.16. The highest BCUT2D eigenvalue weighted by atomic mass is 16.5. The molecular formula is C15H20N2O4. The van der Waals surface area contributed by atoms with Crippen LogP contribution in [0.15, 0.2) is 12.1 Å². The molecule has 0 unspecified atom stereocenters. The zero-order valence-corrected chi connectivity index (χ0v) is 12.9. The van der Waals surface area contributed by atoms with Gasteiger partial charge in [0, 0.05) is 23.6 Å². The minimum atomic E-state index is -0.414. The maximum Gasteiger partial charge on any atom is 0.354 e. The van der Waals surface area contributed by atoms with Crippen LogP contribution in [0.5, 0.6) is 11.5 Å². The predicted octanol–water partition coefficient (Wildman–Crippen LogP) is 2.03. The van der Waals surface area contributed by atoms with E-state index in [1.807, 2.05) is 25.1 Å². The number of nitrogens with zero attached hydrogens (tertiary/aromatic N) is 1. The Morgan fingerprint density at radius 1 is 1.14 bits per heavy atom. The summed E-state index contributed by atoms with van der Waals surface area (Å²) in [6.07, 6.45) is 0. The summed E-state index contributed by atoms with van der Waals surface area (Å²) in [5.41, 5.74) is 2.14. The molecule has 21 heavy (non-hydrogen) atoms. The molecule has 114 valence electrons. The fourth-order valence-corrected chi connectivity index (χ4v) is 2.34. The first kappa shape index (κ1) is 15.2. The Morgan fingerprint density at radius 2 is 1.81 bits per heavy atom. The Morgan fingerprint density at radius 3 is 2.33 bits per heavy atom. The molecule has 0 saturated heterocycles. The van der Waals surface area contributed by atoms with Crippen molar-refractivity contribution in [2.75, 3.05) is 35.4 Å². The molecule has 0 bridgehead atoms. The third-order valence-electron chi connectivity index (χ3n) is 3.27. The quantitative estimate of drug-likeness (QED) is 0.854. The van der Waals surface area contributed by atoms with Crippen LogP contribution in [-0.2, 0) is 11.3 Å². The van der Waals surface area contributed by atoms with Gasteiger partial charge in [0.1, 0.15) is 17.2 Å². The van der Waals surface area contributed by atoms with E-state index in [9.17, 15) is 4.79 Å². The van der Waals surface area contributed by atoms with Crippen LogP contribution in [0.2, 0.25) is 0 Å². The average molecular weight is 292 g/mol. The van der Waals surface area contributed by atoms with Gasteiger partial charge < -0.3 is 24.1 Å². The zero-order valence-electron chi connectivity index (χ0n) is 12.9. The van der Waals surface area contributed by atoms with Gasteiger partial charge in [-0.1, -0.05) is 0 Å². The molecule has 0 saturated carbocycles. The van der Waals surface area contributed by atoms with Gasteiger partial charge in [0.05, 0.1) is 26.8 Å². The van der Waals surface area contributed by atoms with Gasteiger partial charge in [-0.15, -0.1) is 0 Å². The van der Waals surface area contributed by atoms with Crippen molar-refractivity contribution in [1.29, 1.82) is 0 Å². The van der Waals surface area contributed by atoms with Crippen molar-refractivity contribution >= 4 is 16.9 Å². The van der Waals surface area contributed by atoms with E-state index in [-0.39, 0.29) is 0 Å². The van der Waals surface area contributed by atoms with Crippen molar-refractivity contribution in [1.82, 2.24) is 9.88 Å². The molecule has 6 heteroatoms. The SMILES string of the molecule is COC(=O)c1cc2c(CN(C)C)c(OC)cc(OC)c2[nH]1. The van der Waals surface area contributed by atoms with Crippen LogP contribution in [0.4, 0.5) is 0 Å². The monoisotopic (exact) mass is 292 g/mol. The number of carbonyl (C=O) groups excluding carboxylic acids is 1. The largest absolute Gasteiger partial charge is 0.496 e. The Balaban J connectivity index is 2.72. The number of esters is 1. The number of fused-ring (bicyclic) bond motifs is 1. The molecule has 0 spiro atoms. The van der Waals surface area contributed by atoms with Gasteiger partial charge in [0.15, 0.2) is 0 Å². The van der Waals surface area contributed by atoms with Crippen molar-refractivity contribution in [3.63, 3.8) is 0 Å². The highest BCUT2D eigenvalue weighted by Crippen LogP contribution is 2.36. The first-order valence-electron chi connectivity index (χ1n) is 6.51. The van der Waals surface area contributed by atoms with Crippen LogP contribution in [0, 0.1) is 0 Å². The number of aromatic nitrogens is 1. The Bertz CT molecular complexity index is 661. The van der Waals surface area contributed by atoms with Crippen LogP contribution in [-0.4, -0.2) is 51.3 Å². The van der Waals surface area contributed by atoms with Gasteiger partial charge in [-0.25, -0.2) is 4.79 Å². The van der Waals surface area contributed by atoms with E-state index in [4.69, 9.17) is 14.2 Å². The van der Waals surface area contributed by atoms with Crippen molar-refractivity contribution < 1.29 is 19.0 Å². The first-order valence-corrected chi connectivity index (χ1v) is 6.51. The standard InChI is InChI=1S/C15H20N2O4/c1-17(2)8-10-9-6-11(15(18)21-5)16-14(9)13(20-4)7-12(10)19-3/h6-7,16H,8H2,1-5H3. The number of carbonyl (C=O) groups is 1. The van der Waals surface area contributed by atoms with Crippen molar-refractivity contribution in [2.24, 2.45) is 0 Å². The topological polar surface area (TPSA) is 63.8 Å². The maximum absolute atomic E-state index is 11.7. The molecule has 2 rings (SSSR count). The van der Waals surface area contributed by atoms with E-state index < -0.39 is 5.97 Å². The third kappa shape index (κ3) is 2.80. The molecule has 0 aliphatic heterocycles. The number of methoxy groups -OCH3 is 3. The van der Waals surface area contributed by atoms with E-state index in [0.29, 0.717) is 18.0 Å². The summed E-state index contributed by atoms with van der Waals surface area (Å²) in [5, 5.41) is 0.889. The number of nitrogens with one attached hydrogen (secondary N) is 1.